The van der Waals surface area contributed by atoms with E-state index in [-0.39, 0.29) is 25.0 Å². The fourth-order valence-electron chi connectivity index (χ4n) is 3.95. The molecule has 5 nitrogen and oxygen atoms in total. The van der Waals surface area contributed by atoms with Crippen LogP contribution in [0.5, 0.6) is 5.75 Å². The molecule has 3 aromatic carbocycles. The van der Waals surface area contributed by atoms with Crippen LogP contribution in [0.25, 0.3) is 0 Å². The molecule has 3 aromatic rings. The van der Waals surface area contributed by atoms with Crippen LogP contribution in [0.1, 0.15) is 35.6 Å². The molecule has 1 atom stereocenters. The van der Waals surface area contributed by atoms with Gasteiger partial charge < -0.3 is 15.0 Å². The molecular weight excluding hydrogens is 540 g/mol. The van der Waals surface area contributed by atoms with E-state index in [4.69, 9.17) is 16.3 Å². The highest BCUT2D eigenvalue weighted by Crippen LogP contribution is 2.27. The van der Waals surface area contributed by atoms with E-state index in [1.54, 1.807) is 11.0 Å². The van der Waals surface area contributed by atoms with Crippen LogP contribution in [0.15, 0.2) is 71.2 Å². The second kappa shape index (κ2) is 13.5. The number of aryl methyl sites for hydroxylation is 2. The molecular formula is C29H32BrClN2O3. The van der Waals surface area contributed by atoms with Gasteiger partial charge in [-0.25, -0.2) is 0 Å². The Morgan fingerprint density at radius 3 is 2.31 bits per heavy atom. The van der Waals surface area contributed by atoms with E-state index >= 15 is 0 Å². The molecule has 0 saturated carbocycles. The molecule has 1 N–H and O–H groups in total. The third-order valence-electron chi connectivity index (χ3n) is 5.89. The van der Waals surface area contributed by atoms with Gasteiger partial charge in [-0.05, 0) is 60.7 Å². The third-order valence-corrected chi connectivity index (χ3v) is 7.51. The summed E-state index contributed by atoms with van der Waals surface area (Å²) in [6.45, 7) is 6.48. The highest BCUT2D eigenvalue weighted by atomic mass is 79.9. The lowest BCUT2D eigenvalue weighted by Crippen LogP contribution is -2.51. The monoisotopic (exact) mass is 570 g/mol. The van der Waals surface area contributed by atoms with E-state index in [1.807, 2.05) is 81.4 Å². The van der Waals surface area contributed by atoms with Crippen molar-refractivity contribution >= 4 is 39.3 Å². The summed E-state index contributed by atoms with van der Waals surface area (Å²) in [4.78, 5) is 28.6. The van der Waals surface area contributed by atoms with Gasteiger partial charge in [-0.3, -0.25) is 9.59 Å². The Morgan fingerprint density at radius 1 is 1.03 bits per heavy atom. The average molecular weight is 572 g/mol. The number of halogens is 2. The molecule has 0 spiro atoms. The Morgan fingerprint density at radius 2 is 1.67 bits per heavy atom. The number of carbonyl (C=O) groups excluding carboxylic acids is 2. The van der Waals surface area contributed by atoms with E-state index in [2.05, 4.69) is 21.2 Å². The summed E-state index contributed by atoms with van der Waals surface area (Å²) in [5.41, 5.74) is 3.77. The first kappa shape index (κ1) is 27.8. The second-order valence-electron chi connectivity index (χ2n) is 8.77. The van der Waals surface area contributed by atoms with Crippen molar-refractivity contribution in [3.63, 3.8) is 0 Å². The van der Waals surface area contributed by atoms with Gasteiger partial charge in [-0.15, -0.1) is 0 Å². The van der Waals surface area contributed by atoms with Gasteiger partial charge in [0.25, 0.3) is 5.91 Å². The normalized spacial score (nSPS) is 11.6. The lowest BCUT2D eigenvalue weighted by Gasteiger charge is -2.31. The quantitative estimate of drug-likeness (QED) is 0.295. The number of hydrogen-bond donors (Lipinski definition) is 1. The Labute approximate surface area is 226 Å². The van der Waals surface area contributed by atoms with Gasteiger partial charge >= 0.3 is 0 Å². The molecule has 0 aliphatic heterocycles. The minimum atomic E-state index is -0.722. The predicted molar refractivity (Wildman–Crippen MR) is 148 cm³/mol. The van der Waals surface area contributed by atoms with Gasteiger partial charge in [0.15, 0.2) is 6.61 Å². The van der Waals surface area contributed by atoms with Crippen molar-refractivity contribution in [2.45, 2.75) is 46.2 Å². The molecule has 0 bridgehead atoms. The molecule has 0 aliphatic rings. The lowest BCUT2D eigenvalue weighted by molar-refractivity contribution is -0.142. The Balaban J connectivity index is 1.92. The van der Waals surface area contributed by atoms with Gasteiger partial charge in [0.2, 0.25) is 5.91 Å². The zero-order valence-corrected chi connectivity index (χ0v) is 23.2. The maximum atomic E-state index is 13.6. The summed E-state index contributed by atoms with van der Waals surface area (Å²) in [5.74, 6) is 0.117. The molecule has 190 valence electrons. The van der Waals surface area contributed by atoms with Crippen LogP contribution < -0.4 is 10.1 Å². The molecule has 0 aromatic heterocycles. The molecule has 0 saturated heterocycles. The molecule has 0 aliphatic carbocycles. The van der Waals surface area contributed by atoms with Crippen molar-refractivity contribution in [2.75, 3.05) is 13.2 Å². The Hall–Kier alpha value is -2.83. The number of ether oxygens (including phenoxy) is 1. The summed E-state index contributed by atoms with van der Waals surface area (Å²) in [5, 5.41) is 3.52. The molecule has 0 unspecified atom stereocenters. The molecule has 0 heterocycles. The van der Waals surface area contributed by atoms with Crippen LogP contribution in [0, 0.1) is 13.8 Å². The van der Waals surface area contributed by atoms with E-state index in [9.17, 15) is 9.59 Å². The summed E-state index contributed by atoms with van der Waals surface area (Å²) >= 11 is 10.0. The molecule has 2 amide bonds. The lowest BCUT2D eigenvalue weighted by atomic mass is 10.0. The smallest absolute Gasteiger partial charge is 0.261 e. The maximum Gasteiger partial charge on any atom is 0.261 e. The number of carbonyl (C=O) groups is 2. The van der Waals surface area contributed by atoms with Crippen LogP contribution in [0.4, 0.5) is 0 Å². The van der Waals surface area contributed by atoms with Crippen molar-refractivity contribution in [2.24, 2.45) is 0 Å². The molecule has 0 fully saturated rings. The first-order valence-corrected chi connectivity index (χ1v) is 13.2. The van der Waals surface area contributed by atoms with E-state index < -0.39 is 6.04 Å². The van der Waals surface area contributed by atoms with E-state index in [1.165, 1.54) is 0 Å². The first-order chi connectivity index (χ1) is 17.3. The van der Waals surface area contributed by atoms with Gasteiger partial charge in [0.05, 0.1) is 0 Å². The fraction of sp³-hybridized carbons (Fsp3) is 0.310. The van der Waals surface area contributed by atoms with Crippen LogP contribution in [-0.4, -0.2) is 35.9 Å². The number of nitrogens with zero attached hydrogens (tertiary/aromatic N) is 1. The van der Waals surface area contributed by atoms with Crippen molar-refractivity contribution in [1.29, 1.82) is 0 Å². The average Bonchev–Trinajstić information content (AvgIpc) is 2.88. The van der Waals surface area contributed by atoms with Crippen LogP contribution >= 0.6 is 27.5 Å². The zero-order valence-electron chi connectivity index (χ0n) is 20.9. The largest absolute Gasteiger partial charge is 0.484 e. The number of rotatable bonds is 11. The first-order valence-electron chi connectivity index (χ1n) is 12.0. The van der Waals surface area contributed by atoms with Crippen molar-refractivity contribution in [1.82, 2.24) is 10.2 Å². The predicted octanol–water partition coefficient (Wildman–Crippen LogP) is 6.26. The van der Waals surface area contributed by atoms with Crippen molar-refractivity contribution in [3.8, 4) is 5.75 Å². The van der Waals surface area contributed by atoms with Gasteiger partial charge in [0, 0.05) is 29.0 Å². The Bertz CT molecular complexity index is 1160. The van der Waals surface area contributed by atoms with Gasteiger partial charge in [-0.2, -0.15) is 0 Å². The number of nitrogens with one attached hydrogen (secondary N) is 1. The van der Waals surface area contributed by atoms with Gasteiger partial charge in [-0.1, -0.05) is 83.0 Å². The third kappa shape index (κ3) is 7.58. The highest BCUT2D eigenvalue weighted by molar-refractivity contribution is 9.10. The molecule has 36 heavy (non-hydrogen) atoms. The summed E-state index contributed by atoms with van der Waals surface area (Å²) in [6, 6.07) is 20.1. The number of benzene rings is 3. The number of hydrogen-bond acceptors (Lipinski definition) is 3. The van der Waals surface area contributed by atoms with E-state index in [0.29, 0.717) is 23.7 Å². The highest BCUT2D eigenvalue weighted by Gasteiger charge is 2.31. The summed E-state index contributed by atoms with van der Waals surface area (Å²) in [6.07, 6.45) is 1.18. The minimum absolute atomic E-state index is 0.192. The standard InChI is InChI=1S/C29H32BrClN2O3/c1-4-14-32-29(35)26(17-22-10-6-5-7-11-22)33(18-23-12-8-9-13-25(23)31)27(34)19-36-24-15-20(2)28(30)21(3)16-24/h5-13,15-16,26H,4,14,17-19H2,1-3H3,(H,32,35)/t26-/m0/s1. The summed E-state index contributed by atoms with van der Waals surface area (Å²) < 4.78 is 6.93. The van der Waals surface area contributed by atoms with Crippen LogP contribution in [0.3, 0.4) is 0 Å². The summed E-state index contributed by atoms with van der Waals surface area (Å²) in [7, 11) is 0. The Kier molecular flexibility index (Phi) is 10.4. The molecule has 3 rings (SSSR count). The number of amides is 2. The van der Waals surface area contributed by atoms with Crippen LogP contribution in [-0.2, 0) is 22.6 Å². The minimum Gasteiger partial charge on any atom is -0.484 e. The van der Waals surface area contributed by atoms with Crippen molar-refractivity contribution in [3.05, 3.63) is 98.5 Å². The van der Waals surface area contributed by atoms with Gasteiger partial charge in [0.1, 0.15) is 11.8 Å². The molecule has 7 heteroatoms. The van der Waals surface area contributed by atoms with E-state index in [0.717, 1.165) is 33.1 Å². The SMILES string of the molecule is CCCNC(=O)[C@H](Cc1ccccc1)N(Cc1ccccc1Cl)C(=O)COc1cc(C)c(Br)c(C)c1. The fourth-order valence-corrected chi connectivity index (χ4v) is 4.37. The second-order valence-corrected chi connectivity index (χ2v) is 9.97. The molecule has 0 radical (unpaired) electrons. The van der Waals surface area contributed by atoms with Crippen LogP contribution in [0.2, 0.25) is 5.02 Å². The topological polar surface area (TPSA) is 58.6 Å². The zero-order chi connectivity index (χ0) is 26.1. The maximum absolute atomic E-state index is 13.6. The van der Waals surface area contributed by atoms with Crippen molar-refractivity contribution < 1.29 is 14.3 Å².